The Kier molecular flexibility index (Phi) is 3.75. The van der Waals surface area contributed by atoms with Crippen LogP contribution >= 0.6 is 0 Å². The second-order valence-electron chi connectivity index (χ2n) is 3.83. The Labute approximate surface area is 114 Å². The van der Waals surface area contributed by atoms with Crippen molar-refractivity contribution in [2.75, 3.05) is 5.32 Å². The minimum absolute atomic E-state index is 0.0121. The first-order valence-corrected chi connectivity index (χ1v) is 5.65. The van der Waals surface area contributed by atoms with Crippen LogP contribution in [0.5, 0.6) is 0 Å². The van der Waals surface area contributed by atoms with Crippen molar-refractivity contribution in [3.63, 3.8) is 0 Å². The van der Waals surface area contributed by atoms with E-state index in [4.69, 9.17) is 16.9 Å². The number of hydrogen-bond donors (Lipinski definition) is 4. The van der Waals surface area contributed by atoms with Crippen LogP contribution < -0.4 is 16.8 Å². The molecule has 6 N–H and O–H groups in total. The lowest BCUT2D eigenvalue weighted by atomic mass is 10.2. The summed E-state index contributed by atoms with van der Waals surface area (Å²) in [5.74, 6) is -0.757. The van der Waals surface area contributed by atoms with E-state index < -0.39 is 5.91 Å². The van der Waals surface area contributed by atoms with Crippen LogP contribution in [-0.2, 0) is 4.79 Å². The van der Waals surface area contributed by atoms with Gasteiger partial charge in [0.25, 0.3) is 5.91 Å². The number of primary amides is 1. The highest BCUT2D eigenvalue weighted by Gasteiger charge is 2.08. The molecule has 8 nitrogen and oxygen atoms in total. The van der Waals surface area contributed by atoms with Crippen LogP contribution in [0.3, 0.4) is 0 Å². The minimum Gasteiger partial charge on any atom is -0.385 e. The van der Waals surface area contributed by atoms with Gasteiger partial charge in [0, 0.05) is 11.9 Å². The number of nitrogens with one attached hydrogen (secondary N) is 2. The quantitative estimate of drug-likeness (QED) is 0.447. The lowest BCUT2D eigenvalue weighted by Gasteiger charge is -2.09. The second-order valence-corrected chi connectivity index (χ2v) is 3.83. The number of rotatable bonds is 5. The van der Waals surface area contributed by atoms with E-state index >= 15 is 0 Å². The zero-order chi connectivity index (χ0) is 14.5. The van der Waals surface area contributed by atoms with Crippen molar-refractivity contribution in [1.29, 1.82) is 5.41 Å². The molecule has 0 aliphatic carbocycles. The molecule has 0 unspecified atom stereocenters. The Morgan fingerprint density at radius 2 is 2.00 bits per heavy atom. The van der Waals surface area contributed by atoms with Gasteiger partial charge in [-0.3, -0.25) is 4.79 Å². The second kappa shape index (κ2) is 5.65. The topological polar surface area (TPSA) is 136 Å². The predicted molar refractivity (Wildman–Crippen MR) is 74.2 cm³/mol. The molecular formula is C12H13N7O. The molecule has 0 radical (unpaired) electrons. The summed E-state index contributed by atoms with van der Waals surface area (Å²) >= 11 is 0. The van der Waals surface area contributed by atoms with Crippen LogP contribution in [0.25, 0.3) is 5.69 Å². The monoisotopic (exact) mass is 271 g/mol. The van der Waals surface area contributed by atoms with Gasteiger partial charge in [0.05, 0.1) is 23.7 Å². The van der Waals surface area contributed by atoms with Gasteiger partial charge in [-0.05, 0) is 18.2 Å². The Balaban J connectivity index is 2.29. The zero-order valence-corrected chi connectivity index (χ0v) is 10.4. The Morgan fingerprint density at radius 3 is 2.60 bits per heavy atom. The number of benzene rings is 1. The molecule has 0 aliphatic rings. The van der Waals surface area contributed by atoms with Crippen LogP contribution in [0.2, 0.25) is 0 Å². The van der Waals surface area contributed by atoms with Gasteiger partial charge < -0.3 is 22.2 Å². The van der Waals surface area contributed by atoms with Crippen molar-refractivity contribution in [3.05, 3.63) is 48.1 Å². The highest BCUT2D eigenvalue weighted by atomic mass is 16.1. The van der Waals surface area contributed by atoms with E-state index in [-0.39, 0.29) is 11.4 Å². The van der Waals surface area contributed by atoms with Crippen LogP contribution in [0.4, 0.5) is 5.69 Å². The van der Waals surface area contributed by atoms with Crippen LogP contribution in [0.15, 0.2) is 48.1 Å². The van der Waals surface area contributed by atoms with Crippen molar-refractivity contribution in [2.45, 2.75) is 0 Å². The molecular weight excluding hydrogens is 258 g/mol. The first-order valence-electron chi connectivity index (χ1n) is 5.65. The van der Waals surface area contributed by atoms with Gasteiger partial charge in [-0.1, -0.05) is 6.07 Å². The first-order chi connectivity index (χ1) is 9.61. The number of nitrogens with two attached hydrogens (primary N) is 2. The normalized spacial score (nSPS) is 11.6. The Morgan fingerprint density at radius 1 is 1.30 bits per heavy atom. The number of anilines is 1. The van der Waals surface area contributed by atoms with Crippen molar-refractivity contribution in [2.24, 2.45) is 11.5 Å². The molecule has 0 saturated heterocycles. The van der Waals surface area contributed by atoms with Crippen molar-refractivity contribution in [3.8, 4) is 5.69 Å². The minimum atomic E-state index is -0.769. The molecule has 8 heteroatoms. The van der Waals surface area contributed by atoms with Crippen LogP contribution in [-0.4, -0.2) is 27.1 Å². The molecule has 1 aromatic carbocycles. The summed E-state index contributed by atoms with van der Waals surface area (Å²) < 4.78 is 0. The molecule has 0 fully saturated rings. The molecule has 1 amide bonds. The smallest absolute Gasteiger partial charge is 0.253 e. The van der Waals surface area contributed by atoms with E-state index in [1.807, 2.05) is 6.07 Å². The lowest BCUT2D eigenvalue weighted by molar-refractivity contribution is -0.114. The maximum atomic E-state index is 11.1. The third-order valence-corrected chi connectivity index (χ3v) is 2.47. The third-order valence-electron chi connectivity index (χ3n) is 2.47. The molecule has 2 rings (SSSR count). The van der Waals surface area contributed by atoms with E-state index in [0.29, 0.717) is 5.69 Å². The number of carbonyl (C=O) groups is 1. The molecule has 1 heterocycles. The molecule has 20 heavy (non-hydrogen) atoms. The summed E-state index contributed by atoms with van der Waals surface area (Å²) in [5.41, 5.74) is 12.1. The van der Waals surface area contributed by atoms with Crippen LogP contribution in [0.1, 0.15) is 0 Å². The SMILES string of the molecule is N=C/C(C(N)=O)=C(\N)Nc1cccc(-n2nccn2)c1. The van der Waals surface area contributed by atoms with Crippen molar-refractivity contribution in [1.82, 2.24) is 15.0 Å². The summed E-state index contributed by atoms with van der Waals surface area (Å²) in [6.07, 6.45) is 3.94. The highest BCUT2D eigenvalue weighted by molar-refractivity contribution is 6.11. The van der Waals surface area contributed by atoms with Crippen LogP contribution in [0, 0.1) is 5.41 Å². The lowest BCUT2D eigenvalue weighted by Crippen LogP contribution is -2.23. The number of nitrogens with zero attached hydrogens (tertiary/aromatic N) is 3. The van der Waals surface area contributed by atoms with Gasteiger partial charge in [-0.25, -0.2) is 0 Å². The first kappa shape index (κ1) is 13.3. The van der Waals surface area contributed by atoms with Crippen molar-refractivity contribution < 1.29 is 4.79 Å². The van der Waals surface area contributed by atoms with Gasteiger partial charge >= 0.3 is 0 Å². The molecule has 0 atom stereocenters. The number of aromatic nitrogens is 3. The van der Waals surface area contributed by atoms with Gasteiger partial charge in [-0.2, -0.15) is 15.0 Å². The van der Waals surface area contributed by atoms with E-state index in [0.717, 1.165) is 11.9 Å². The van der Waals surface area contributed by atoms with Gasteiger partial charge in [-0.15, -0.1) is 0 Å². The van der Waals surface area contributed by atoms with E-state index in [1.165, 1.54) is 4.80 Å². The fraction of sp³-hybridized carbons (Fsp3) is 0. The molecule has 102 valence electrons. The summed E-state index contributed by atoms with van der Waals surface area (Å²) in [6, 6.07) is 7.09. The zero-order valence-electron chi connectivity index (χ0n) is 10.4. The van der Waals surface area contributed by atoms with Crippen molar-refractivity contribution >= 4 is 17.8 Å². The number of carbonyl (C=O) groups excluding carboxylic acids is 1. The summed E-state index contributed by atoms with van der Waals surface area (Å²) in [6.45, 7) is 0. The molecule has 0 saturated carbocycles. The van der Waals surface area contributed by atoms with Gasteiger partial charge in [0.1, 0.15) is 5.82 Å². The standard InChI is InChI=1S/C12H13N7O/c13-7-10(12(15)20)11(14)18-8-2-1-3-9(6-8)19-16-4-5-17-19/h1-7,13,18H,14H2,(H2,15,20)/b11-10-,13-7?. The Bertz CT molecular complexity index is 660. The van der Waals surface area contributed by atoms with Gasteiger partial charge in [0.15, 0.2) is 0 Å². The van der Waals surface area contributed by atoms with E-state index in [1.54, 1.807) is 30.6 Å². The third kappa shape index (κ3) is 2.80. The highest BCUT2D eigenvalue weighted by Crippen LogP contribution is 2.14. The average Bonchev–Trinajstić information content (AvgIpc) is 2.93. The van der Waals surface area contributed by atoms with Gasteiger partial charge in [0.2, 0.25) is 0 Å². The maximum absolute atomic E-state index is 11.1. The molecule has 0 aliphatic heterocycles. The molecule has 0 bridgehead atoms. The fourth-order valence-electron chi connectivity index (χ4n) is 1.56. The average molecular weight is 271 g/mol. The summed E-state index contributed by atoms with van der Waals surface area (Å²) in [7, 11) is 0. The fourth-order valence-corrected chi connectivity index (χ4v) is 1.56. The largest absolute Gasteiger partial charge is 0.385 e. The maximum Gasteiger partial charge on any atom is 0.253 e. The van der Waals surface area contributed by atoms with E-state index in [9.17, 15) is 4.79 Å². The van der Waals surface area contributed by atoms with E-state index in [2.05, 4.69) is 15.5 Å². The predicted octanol–water partition coefficient (Wildman–Crippen LogP) is -0.0156. The molecule has 1 aromatic heterocycles. The Hall–Kier alpha value is -3.16. The number of amides is 1. The number of hydrogen-bond acceptors (Lipinski definition) is 6. The molecule has 0 spiro atoms. The molecule has 2 aromatic rings. The summed E-state index contributed by atoms with van der Waals surface area (Å²) in [4.78, 5) is 12.5. The summed E-state index contributed by atoms with van der Waals surface area (Å²) in [5, 5.41) is 17.9.